The van der Waals surface area contributed by atoms with Crippen molar-refractivity contribution in [3.63, 3.8) is 0 Å². The Kier molecular flexibility index (Phi) is 5.24. The SMILES string of the molecule is Cc1csc(CNS(=O)(=O)c2cc(CN)c(Cl)cc2Cl)n1. The van der Waals surface area contributed by atoms with Crippen molar-refractivity contribution in [3.05, 3.63) is 43.8 Å². The van der Waals surface area contributed by atoms with E-state index in [9.17, 15) is 8.42 Å². The Labute approximate surface area is 137 Å². The Balaban J connectivity index is 2.27. The number of halogens is 2. The van der Waals surface area contributed by atoms with E-state index in [4.69, 9.17) is 28.9 Å². The van der Waals surface area contributed by atoms with E-state index in [1.807, 2.05) is 12.3 Å². The zero-order chi connectivity index (χ0) is 15.6. The van der Waals surface area contributed by atoms with E-state index in [2.05, 4.69) is 9.71 Å². The molecule has 0 radical (unpaired) electrons. The highest BCUT2D eigenvalue weighted by Crippen LogP contribution is 2.28. The number of nitrogens with one attached hydrogen (secondary N) is 1. The molecule has 0 aliphatic carbocycles. The molecular formula is C12H13Cl2N3O2S2. The van der Waals surface area contributed by atoms with E-state index >= 15 is 0 Å². The van der Waals surface area contributed by atoms with E-state index in [1.54, 1.807) is 0 Å². The number of rotatable bonds is 5. The largest absolute Gasteiger partial charge is 0.326 e. The van der Waals surface area contributed by atoms with Crippen molar-refractivity contribution in [2.75, 3.05) is 0 Å². The number of nitrogens with two attached hydrogens (primary N) is 1. The molecule has 0 saturated heterocycles. The highest BCUT2D eigenvalue weighted by molar-refractivity contribution is 7.89. The van der Waals surface area contributed by atoms with Gasteiger partial charge in [0.25, 0.3) is 0 Å². The van der Waals surface area contributed by atoms with Crippen molar-refractivity contribution >= 4 is 44.6 Å². The summed E-state index contributed by atoms with van der Waals surface area (Å²) >= 11 is 13.3. The number of sulfonamides is 1. The molecule has 0 aliphatic heterocycles. The van der Waals surface area contributed by atoms with E-state index in [0.29, 0.717) is 15.6 Å². The van der Waals surface area contributed by atoms with Gasteiger partial charge in [-0.2, -0.15) is 0 Å². The third-order valence-electron chi connectivity index (χ3n) is 2.69. The highest BCUT2D eigenvalue weighted by atomic mass is 35.5. The molecule has 0 saturated carbocycles. The minimum absolute atomic E-state index is 0.0395. The molecule has 1 heterocycles. The predicted octanol–water partition coefficient (Wildman–Crippen LogP) is 2.70. The summed E-state index contributed by atoms with van der Waals surface area (Å²) in [5, 5.41) is 2.93. The first-order valence-electron chi connectivity index (χ1n) is 5.92. The summed E-state index contributed by atoms with van der Waals surface area (Å²) < 4.78 is 27.1. The minimum atomic E-state index is -3.76. The maximum absolute atomic E-state index is 12.3. The van der Waals surface area contributed by atoms with Gasteiger partial charge >= 0.3 is 0 Å². The first-order valence-corrected chi connectivity index (χ1v) is 9.04. The van der Waals surface area contributed by atoms with Gasteiger partial charge in [0.05, 0.1) is 11.6 Å². The summed E-state index contributed by atoms with van der Waals surface area (Å²) in [4.78, 5) is 4.16. The van der Waals surface area contributed by atoms with Crippen molar-refractivity contribution in [2.45, 2.75) is 24.9 Å². The number of thiazole rings is 1. The highest BCUT2D eigenvalue weighted by Gasteiger charge is 2.20. The summed E-state index contributed by atoms with van der Waals surface area (Å²) in [6.45, 7) is 2.08. The molecule has 0 atom stereocenters. The van der Waals surface area contributed by atoms with Crippen molar-refractivity contribution in [1.82, 2.24) is 9.71 Å². The Morgan fingerprint density at radius 1 is 1.33 bits per heavy atom. The van der Waals surface area contributed by atoms with Crippen LogP contribution in [0.1, 0.15) is 16.3 Å². The van der Waals surface area contributed by atoms with Crippen molar-refractivity contribution < 1.29 is 8.42 Å². The van der Waals surface area contributed by atoms with Gasteiger partial charge in [-0.05, 0) is 24.6 Å². The van der Waals surface area contributed by atoms with Gasteiger partial charge in [-0.3, -0.25) is 0 Å². The summed E-state index contributed by atoms with van der Waals surface area (Å²) in [7, 11) is -3.76. The molecule has 0 spiro atoms. The normalized spacial score (nSPS) is 11.8. The molecule has 2 rings (SSSR count). The van der Waals surface area contributed by atoms with Crippen LogP contribution < -0.4 is 10.5 Å². The van der Waals surface area contributed by atoms with Crippen LogP contribution in [0.15, 0.2) is 22.4 Å². The fraction of sp³-hybridized carbons (Fsp3) is 0.250. The number of hydrogen-bond acceptors (Lipinski definition) is 5. The van der Waals surface area contributed by atoms with Crippen LogP contribution in [0.25, 0.3) is 0 Å². The lowest BCUT2D eigenvalue weighted by molar-refractivity contribution is 0.581. The van der Waals surface area contributed by atoms with Crippen LogP contribution in [0.3, 0.4) is 0 Å². The molecule has 21 heavy (non-hydrogen) atoms. The molecular weight excluding hydrogens is 353 g/mol. The average molecular weight is 366 g/mol. The Bertz CT molecular complexity index is 760. The lowest BCUT2D eigenvalue weighted by Crippen LogP contribution is -2.23. The lowest BCUT2D eigenvalue weighted by atomic mass is 10.2. The van der Waals surface area contributed by atoms with Crippen LogP contribution in [-0.4, -0.2) is 13.4 Å². The van der Waals surface area contributed by atoms with Crippen LogP contribution in [0.4, 0.5) is 0 Å². The topological polar surface area (TPSA) is 85.1 Å². The summed E-state index contributed by atoms with van der Waals surface area (Å²) in [6, 6.07) is 2.77. The molecule has 114 valence electrons. The maximum atomic E-state index is 12.3. The van der Waals surface area contributed by atoms with Crippen molar-refractivity contribution in [3.8, 4) is 0 Å². The second-order valence-electron chi connectivity index (χ2n) is 4.29. The van der Waals surface area contributed by atoms with E-state index in [1.165, 1.54) is 23.5 Å². The monoisotopic (exact) mass is 365 g/mol. The number of nitrogens with zero attached hydrogens (tertiary/aromatic N) is 1. The van der Waals surface area contributed by atoms with Crippen LogP contribution in [-0.2, 0) is 23.1 Å². The number of aromatic nitrogens is 1. The molecule has 2 aromatic rings. The van der Waals surface area contributed by atoms with E-state index < -0.39 is 10.0 Å². The second kappa shape index (κ2) is 6.60. The molecule has 5 nitrogen and oxygen atoms in total. The first kappa shape index (κ1) is 16.7. The predicted molar refractivity (Wildman–Crippen MR) is 85.2 cm³/mol. The van der Waals surface area contributed by atoms with Gasteiger partial charge in [-0.25, -0.2) is 18.1 Å². The quantitative estimate of drug-likeness (QED) is 0.852. The molecule has 3 N–H and O–H groups in total. The van der Waals surface area contributed by atoms with Gasteiger partial charge in [0.15, 0.2) is 0 Å². The Morgan fingerprint density at radius 2 is 2.05 bits per heavy atom. The molecule has 0 fully saturated rings. The molecule has 1 aromatic heterocycles. The minimum Gasteiger partial charge on any atom is -0.326 e. The van der Waals surface area contributed by atoms with Gasteiger partial charge in [0.1, 0.15) is 9.90 Å². The second-order valence-corrected chi connectivity index (χ2v) is 7.78. The zero-order valence-electron chi connectivity index (χ0n) is 11.1. The molecule has 0 unspecified atom stereocenters. The maximum Gasteiger partial charge on any atom is 0.242 e. The summed E-state index contributed by atoms with van der Waals surface area (Å²) in [5.74, 6) is 0. The number of hydrogen-bond donors (Lipinski definition) is 2. The smallest absolute Gasteiger partial charge is 0.242 e. The average Bonchev–Trinajstić information content (AvgIpc) is 2.82. The van der Waals surface area contributed by atoms with E-state index in [0.717, 1.165) is 5.69 Å². The zero-order valence-corrected chi connectivity index (χ0v) is 14.2. The first-order chi connectivity index (χ1) is 9.83. The Morgan fingerprint density at radius 3 is 2.62 bits per heavy atom. The number of aryl methyl sites for hydroxylation is 1. The number of benzene rings is 1. The van der Waals surface area contributed by atoms with Gasteiger partial charge in [0.2, 0.25) is 10.0 Å². The van der Waals surface area contributed by atoms with Gasteiger partial charge in [-0.15, -0.1) is 11.3 Å². The van der Waals surface area contributed by atoms with Crippen LogP contribution in [0.2, 0.25) is 10.0 Å². The van der Waals surface area contributed by atoms with Crippen LogP contribution >= 0.6 is 34.5 Å². The molecule has 0 aliphatic rings. The molecule has 0 bridgehead atoms. The fourth-order valence-corrected chi connectivity index (χ4v) is 4.32. The van der Waals surface area contributed by atoms with Crippen molar-refractivity contribution in [1.29, 1.82) is 0 Å². The van der Waals surface area contributed by atoms with Crippen LogP contribution in [0.5, 0.6) is 0 Å². The van der Waals surface area contributed by atoms with Gasteiger partial charge in [0, 0.05) is 22.6 Å². The molecule has 0 amide bonds. The third kappa shape index (κ3) is 3.94. The summed E-state index contributed by atoms with van der Waals surface area (Å²) in [6.07, 6.45) is 0. The van der Waals surface area contributed by atoms with Gasteiger partial charge in [-0.1, -0.05) is 23.2 Å². The van der Waals surface area contributed by atoms with Crippen LogP contribution in [0, 0.1) is 6.92 Å². The lowest BCUT2D eigenvalue weighted by Gasteiger charge is -2.10. The van der Waals surface area contributed by atoms with Gasteiger partial charge < -0.3 is 5.73 Å². The molecule has 9 heteroatoms. The summed E-state index contributed by atoms with van der Waals surface area (Å²) in [5.41, 5.74) is 6.90. The molecule has 1 aromatic carbocycles. The third-order valence-corrected chi connectivity index (χ3v) is 5.87. The Hall–Kier alpha value is -0.700. The fourth-order valence-electron chi connectivity index (χ4n) is 1.65. The van der Waals surface area contributed by atoms with Crippen molar-refractivity contribution in [2.24, 2.45) is 5.73 Å². The van der Waals surface area contributed by atoms with E-state index in [-0.39, 0.29) is 23.0 Å². The standard InChI is InChI=1S/C12H13Cl2N3O2S2/c1-7-6-20-12(17-7)5-16-21(18,19)11-2-8(4-15)9(13)3-10(11)14/h2-3,6,16H,4-5,15H2,1H3.